The van der Waals surface area contributed by atoms with E-state index in [9.17, 15) is 4.79 Å². The minimum atomic E-state index is -0.495. The number of ether oxygens (including phenoxy) is 1. The van der Waals surface area contributed by atoms with Crippen LogP contribution < -0.4 is 16.0 Å². The van der Waals surface area contributed by atoms with Gasteiger partial charge in [-0.05, 0) is 46.2 Å². The Labute approximate surface area is 164 Å². The van der Waals surface area contributed by atoms with E-state index in [1.54, 1.807) is 18.4 Å². The maximum atomic E-state index is 11.6. The van der Waals surface area contributed by atoms with Crippen LogP contribution in [0.5, 0.6) is 0 Å². The van der Waals surface area contributed by atoms with E-state index in [1.807, 2.05) is 27.7 Å². The summed E-state index contributed by atoms with van der Waals surface area (Å²) in [5.74, 6) is 2.40. The van der Waals surface area contributed by atoms with Crippen LogP contribution in [0.3, 0.4) is 0 Å². The fraction of sp³-hybridized carbons (Fsp3) is 0.556. The quantitative estimate of drug-likeness (QED) is 0.308. The van der Waals surface area contributed by atoms with E-state index in [2.05, 4.69) is 36.1 Å². The molecule has 2 aromatic heterocycles. The Balaban J connectivity index is 1.74. The van der Waals surface area contributed by atoms with Gasteiger partial charge in [0.1, 0.15) is 18.0 Å². The monoisotopic (exact) mass is 391 g/mol. The molecule has 0 spiro atoms. The lowest BCUT2D eigenvalue weighted by atomic mass is 10.2. The number of aromatic nitrogens is 3. The summed E-state index contributed by atoms with van der Waals surface area (Å²) >= 11 is 0. The highest BCUT2D eigenvalue weighted by molar-refractivity contribution is 5.79. The number of aliphatic imine (C=N–C) groups is 1. The van der Waals surface area contributed by atoms with Crippen molar-refractivity contribution in [3.63, 3.8) is 0 Å². The van der Waals surface area contributed by atoms with Gasteiger partial charge in [0.15, 0.2) is 11.7 Å². The Hall–Kier alpha value is -3.04. The number of hydrogen-bond acceptors (Lipinski definition) is 6. The lowest BCUT2D eigenvalue weighted by Gasteiger charge is -2.19. The molecule has 0 atom stereocenters. The highest BCUT2D eigenvalue weighted by Gasteiger charge is 2.15. The topological polar surface area (TPSA) is 129 Å². The van der Waals surface area contributed by atoms with Crippen molar-refractivity contribution in [2.45, 2.75) is 46.3 Å². The number of amides is 1. The van der Waals surface area contributed by atoms with Crippen molar-refractivity contribution < 1.29 is 13.9 Å². The number of carbonyl (C=O) groups excluding carboxylic acids is 1. The molecule has 0 saturated carbocycles. The van der Waals surface area contributed by atoms with E-state index < -0.39 is 11.7 Å². The Bertz CT molecular complexity index is 748. The first-order valence-corrected chi connectivity index (χ1v) is 9.31. The Morgan fingerprint density at radius 2 is 2.07 bits per heavy atom. The number of rotatable bonds is 8. The zero-order valence-corrected chi connectivity index (χ0v) is 16.8. The lowest BCUT2D eigenvalue weighted by Crippen LogP contribution is -2.39. The van der Waals surface area contributed by atoms with Crippen LogP contribution in [0.15, 0.2) is 27.8 Å². The van der Waals surface area contributed by atoms with E-state index >= 15 is 0 Å². The molecule has 10 heteroatoms. The van der Waals surface area contributed by atoms with Crippen LogP contribution in [-0.2, 0) is 11.3 Å². The van der Waals surface area contributed by atoms with Crippen molar-refractivity contribution in [1.82, 2.24) is 31.1 Å². The molecule has 0 aromatic carbocycles. The Morgan fingerprint density at radius 3 is 2.75 bits per heavy atom. The molecule has 28 heavy (non-hydrogen) atoms. The fourth-order valence-corrected chi connectivity index (χ4v) is 2.18. The molecule has 0 aliphatic carbocycles. The first-order valence-electron chi connectivity index (χ1n) is 9.31. The smallest absolute Gasteiger partial charge is 0.407 e. The van der Waals surface area contributed by atoms with Crippen LogP contribution in [0.1, 0.15) is 39.9 Å². The number of nitrogens with one attached hydrogen (secondary N) is 4. The maximum Gasteiger partial charge on any atom is 0.407 e. The molecule has 10 nitrogen and oxygen atoms in total. The van der Waals surface area contributed by atoms with Crippen molar-refractivity contribution in [2.24, 2.45) is 4.99 Å². The van der Waals surface area contributed by atoms with Crippen LogP contribution in [-0.4, -0.2) is 52.5 Å². The summed E-state index contributed by atoms with van der Waals surface area (Å²) in [6, 6.07) is 3.58. The second kappa shape index (κ2) is 10.3. The Kier molecular flexibility index (Phi) is 7.85. The molecule has 0 bridgehead atoms. The van der Waals surface area contributed by atoms with Crippen LogP contribution in [0.4, 0.5) is 4.79 Å². The van der Waals surface area contributed by atoms with Crippen LogP contribution in [0.2, 0.25) is 0 Å². The van der Waals surface area contributed by atoms with E-state index in [4.69, 9.17) is 9.15 Å². The molecule has 154 valence electrons. The van der Waals surface area contributed by atoms with Gasteiger partial charge < -0.3 is 25.1 Å². The van der Waals surface area contributed by atoms with Gasteiger partial charge in [0, 0.05) is 19.6 Å². The molecule has 2 aromatic rings. The molecule has 4 N–H and O–H groups in total. The number of aromatic amines is 1. The number of furan rings is 1. The average molecular weight is 391 g/mol. The van der Waals surface area contributed by atoms with Crippen molar-refractivity contribution in [2.75, 3.05) is 19.6 Å². The van der Waals surface area contributed by atoms with Gasteiger partial charge in [-0.2, -0.15) is 0 Å². The molecular formula is C18H29N7O3. The number of hydrogen-bond donors (Lipinski definition) is 4. The molecule has 0 fully saturated rings. The summed E-state index contributed by atoms with van der Waals surface area (Å²) in [7, 11) is 0. The van der Waals surface area contributed by atoms with E-state index in [1.165, 1.54) is 0 Å². The highest BCUT2D eigenvalue weighted by Crippen LogP contribution is 2.14. The van der Waals surface area contributed by atoms with Crippen LogP contribution >= 0.6 is 0 Å². The second-order valence-electron chi connectivity index (χ2n) is 6.99. The standard InChI is InChI=1S/C18H29N7O3/c1-5-19-16(20-9-7-10-21-17(26)28-18(2,3)4)22-12-14-23-15(25-24-14)13-8-6-11-27-13/h6,8,11H,5,7,9-10,12H2,1-4H3,(H,21,26)(H2,19,20,22)(H,23,24,25). The molecule has 0 unspecified atom stereocenters. The van der Waals surface area contributed by atoms with Crippen molar-refractivity contribution in [3.05, 3.63) is 24.2 Å². The predicted octanol–water partition coefficient (Wildman–Crippen LogP) is 2.03. The average Bonchev–Trinajstić information content (AvgIpc) is 3.29. The summed E-state index contributed by atoms with van der Waals surface area (Å²) < 4.78 is 10.5. The first-order chi connectivity index (χ1) is 13.4. The molecular weight excluding hydrogens is 362 g/mol. The normalized spacial score (nSPS) is 11.9. The second-order valence-corrected chi connectivity index (χ2v) is 6.99. The van der Waals surface area contributed by atoms with Gasteiger partial charge in [-0.25, -0.2) is 14.8 Å². The SMILES string of the molecule is CCNC(=NCc1nc(-c2ccco2)n[nH]1)NCCCNC(=O)OC(C)(C)C. The summed E-state index contributed by atoms with van der Waals surface area (Å²) in [6.45, 7) is 9.73. The summed E-state index contributed by atoms with van der Waals surface area (Å²) in [5.41, 5.74) is -0.495. The van der Waals surface area contributed by atoms with E-state index in [-0.39, 0.29) is 0 Å². The van der Waals surface area contributed by atoms with Gasteiger partial charge in [-0.15, -0.1) is 5.10 Å². The molecule has 0 saturated heterocycles. The predicted molar refractivity (Wildman–Crippen MR) is 106 cm³/mol. The summed E-state index contributed by atoms with van der Waals surface area (Å²) in [5, 5.41) is 16.1. The number of carbonyl (C=O) groups is 1. The minimum absolute atomic E-state index is 0.346. The molecule has 0 aliphatic rings. The third-order valence-electron chi connectivity index (χ3n) is 3.32. The number of alkyl carbamates (subject to hydrolysis) is 1. The van der Waals surface area contributed by atoms with Crippen molar-refractivity contribution in [1.29, 1.82) is 0 Å². The first kappa shape index (κ1) is 21.3. The third kappa shape index (κ3) is 7.68. The van der Waals surface area contributed by atoms with Crippen LogP contribution in [0, 0.1) is 0 Å². The third-order valence-corrected chi connectivity index (χ3v) is 3.32. The van der Waals surface area contributed by atoms with Crippen molar-refractivity contribution in [3.8, 4) is 11.6 Å². The molecule has 0 aliphatic heterocycles. The molecule has 2 rings (SSSR count). The minimum Gasteiger partial charge on any atom is -0.461 e. The van der Waals surface area contributed by atoms with Gasteiger partial charge >= 0.3 is 6.09 Å². The van der Waals surface area contributed by atoms with Gasteiger partial charge in [-0.1, -0.05) is 0 Å². The van der Waals surface area contributed by atoms with E-state index in [0.29, 0.717) is 43.0 Å². The van der Waals surface area contributed by atoms with Gasteiger partial charge in [0.25, 0.3) is 0 Å². The maximum absolute atomic E-state index is 11.6. The zero-order valence-electron chi connectivity index (χ0n) is 16.8. The van der Waals surface area contributed by atoms with Gasteiger partial charge in [0.05, 0.1) is 6.26 Å². The summed E-state index contributed by atoms with van der Waals surface area (Å²) in [4.78, 5) is 20.4. The Morgan fingerprint density at radius 1 is 1.29 bits per heavy atom. The number of guanidine groups is 1. The molecule has 0 radical (unpaired) electrons. The summed E-state index contributed by atoms with van der Waals surface area (Å²) in [6.07, 6.45) is 1.90. The lowest BCUT2D eigenvalue weighted by molar-refractivity contribution is 0.0527. The van der Waals surface area contributed by atoms with Gasteiger partial charge in [-0.3, -0.25) is 5.10 Å². The fourth-order valence-electron chi connectivity index (χ4n) is 2.18. The zero-order chi connectivity index (χ0) is 20.4. The van der Waals surface area contributed by atoms with Crippen molar-refractivity contribution >= 4 is 12.1 Å². The number of nitrogens with zero attached hydrogens (tertiary/aromatic N) is 3. The van der Waals surface area contributed by atoms with Gasteiger partial charge in [0.2, 0.25) is 5.82 Å². The molecule has 1 amide bonds. The van der Waals surface area contributed by atoms with Crippen LogP contribution in [0.25, 0.3) is 11.6 Å². The highest BCUT2D eigenvalue weighted by atomic mass is 16.6. The van der Waals surface area contributed by atoms with E-state index in [0.717, 1.165) is 13.0 Å². The molecule has 2 heterocycles. The number of H-pyrrole nitrogens is 1. The largest absolute Gasteiger partial charge is 0.461 e.